The zero-order valence-corrected chi connectivity index (χ0v) is 17.1. The van der Waals surface area contributed by atoms with E-state index in [2.05, 4.69) is 57.3 Å². The lowest BCUT2D eigenvalue weighted by Crippen LogP contribution is -2.34. The van der Waals surface area contributed by atoms with Crippen LogP contribution < -0.4 is 10.2 Å². The Kier molecular flexibility index (Phi) is 6.36. The maximum atomic E-state index is 12.3. The number of amides is 1. The number of nitrogens with one attached hydrogen (secondary N) is 1. The van der Waals surface area contributed by atoms with Crippen molar-refractivity contribution in [3.8, 4) is 0 Å². The standard InChI is InChI=1S/C22H27BrN2O/c1-16-5-4-12-25(15-16)21-10-8-19(9-11-21)17(2)24-22(26)14-18-6-3-7-20(23)13-18/h3,6-11,13,16-17H,4-5,12,14-15H2,1-2H3,(H,24,26)/t16-,17-/m1/s1. The first-order valence-corrected chi connectivity index (χ1v) is 10.2. The van der Waals surface area contributed by atoms with Gasteiger partial charge in [0.1, 0.15) is 0 Å². The van der Waals surface area contributed by atoms with Crippen LogP contribution in [0, 0.1) is 5.92 Å². The van der Waals surface area contributed by atoms with Crippen LogP contribution >= 0.6 is 15.9 Å². The van der Waals surface area contributed by atoms with Crippen LogP contribution in [0.4, 0.5) is 5.69 Å². The summed E-state index contributed by atoms with van der Waals surface area (Å²) in [6, 6.07) is 16.5. The molecule has 1 aliphatic heterocycles. The van der Waals surface area contributed by atoms with Crippen molar-refractivity contribution in [3.63, 3.8) is 0 Å². The van der Waals surface area contributed by atoms with Crippen molar-refractivity contribution in [2.24, 2.45) is 5.92 Å². The van der Waals surface area contributed by atoms with Gasteiger partial charge in [-0.25, -0.2) is 0 Å². The first-order valence-electron chi connectivity index (χ1n) is 9.40. The average molecular weight is 415 g/mol. The zero-order valence-electron chi connectivity index (χ0n) is 15.5. The van der Waals surface area contributed by atoms with Gasteiger partial charge in [0.05, 0.1) is 12.5 Å². The maximum absolute atomic E-state index is 12.3. The minimum absolute atomic E-state index is 0.00369. The van der Waals surface area contributed by atoms with Gasteiger partial charge in [0, 0.05) is 23.2 Å². The normalized spacial score (nSPS) is 18.4. The number of anilines is 1. The van der Waals surface area contributed by atoms with Gasteiger partial charge >= 0.3 is 0 Å². The van der Waals surface area contributed by atoms with E-state index in [1.807, 2.05) is 31.2 Å². The SMILES string of the molecule is C[C@@H]1CCCN(c2ccc([C@@H](C)NC(=O)Cc3cccc(Br)c3)cc2)C1. The van der Waals surface area contributed by atoms with E-state index in [0.717, 1.165) is 34.6 Å². The molecule has 0 spiro atoms. The molecule has 0 unspecified atom stereocenters. The predicted octanol–water partition coefficient (Wildman–Crippen LogP) is 5.11. The summed E-state index contributed by atoms with van der Waals surface area (Å²) in [7, 11) is 0. The number of carbonyl (C=O) groups is 1. The van der Waals surface area contributed by atoms with Gasteiger partial charge in [-0.3, -0.25) is 4.79 Å². The minimum atomic E-state index is 0.00369. The van der Waals surface area contributed by atoms with E-state index in [-0.39, 0.29) is 11.9 Å². The molecule has 0 radical (unpaired) electrons. The van der Waals surface area contributed by atoms with Gasteiger partial charge in [-0.2, -0.15) is 0 Å². The highest BCUT2D eigenvalue weighted by Gasteiger charge is 2.17. The lowest BCUT2D eigenvalue weighted by atomic mass is 9.99. The van der Waals surface area contributed by atoms with Crippen LogP contribution in [0.5, 0.6) is 0 Å². The van der Waals surface area contributed by atoms with Crippen molar-refractivity contribution in [2.45, 2.75) is 39.2 Å². The third-order valence-corrected chi connectivity index (χ3v) is 5.54. The average Bonchev–Trinajstić information content (AvgIpc) is 2.61. The highest BCUT2D eigenvalue weighted by molar-refractivity contribution is 9.10. The Labute approximate surface area is 164 Å². The molecule has 0 saturated carbocycles. The molecule has 1 heterocycles. The predicted molar refractivity (Wildman–Crippen MR) is 111 cm³/mol. The van der Waals surface area contributed by atoms with Crippen molar-refractivity contribution < 1.29 is 4.79 Å². The van der Waals surface area contributed by atoms with Crippen LogP contribution in [0.15, 0.2) is 53.0 Å². The molecule has 2 aromatic carbocycles. The summed E-state index contributed by atoms with van der Waals surface area (Å²) in [5.41, 5.74) is 3.44. The number of rotatable bonds is 5. The second-order valence-electron chi connectivity index (χ2n) is 7.38. The summed E-state index contributed by atoms with van der Waals surface area (Å²) in [4.78, 5) is 14.8. The summed E-state index contributed by atoms with van der Waals surface area (Å²) in [5.74, 6) is 0.809. The number of hydrogen-bond acceptors (Lipinski definition) is 2. The van der Waals surface area contributed by atoms with Gasteiger partial charge in [-0.1, -0.05) is 47.1 Å². The molecular weight excluding hydrogens is 388 g/mol. The Morgan fingerprint density at radius 3 is 2.73 bits per heavy atom. The van der Waals surface area contributed by atoms with Crippen LogP contribution in [0.2, 0.25) is 0 Å². The largest absolute Gasteiger partial charge is 0.371 e. The molecule has 4 heteroatoms. The third kappa shape index (κ3) is 5.10. The smallest absolute Gasteiger partial charge is 0.224 e. The summed E-state index contributed by atoms with van der Waals surface area (Å²) >= 11 is 3.45. The van der Waals surface area contributed by atoms with Crippen molar-refractivity contribution in [1.29, 1.82) is 0 Å². The molecule has 1 N–H and O–H groups in total. The van der Waals surface area contributed by atoms with Crippen LogP contribution in [0.25, 0.3) is 0 Å². The van der Waals surface area contributed by atoms with Gasteiger partial charge < -0.3 is 10.2 Å². The highest BCUT2D eigenvalue weighted by Crippen LogP contribution is 2.24. The second-order valence-corrected chi connectivity index (χ2v) is 8.30. The molecule has 0 bridgehead atoms. The van der Waals surface area contributed by atoms with Crippen LogP contribution in [0.1, 0.15) is 43.9 Å². The minimum Gasteiger partial charge on any atom is -0.371 e. The van der Waals surface area contributed by atoms with Gasteiger partial charge in [0.2, 0.25) is 5.91 Å². The monoisotopic (exact) mass is 414 g/mol. The lowest BCUT2D eigenvalue weighted by Gasteiger charge is -2.33. The molecule has 1 aliphatic rings. The second kappa shape index (κ2) is 8.72. The Balaban J connectivity index is 1.57. The molecule has 26 heavy (non-hydrogen) atoms. The molecule has 2 aromatic rings. The van der Waals surface area contributed by atoms with Gasteiger partial charge in [0.25, 0.3) is 0 Å². The van der Waals surface area contributed by atoms with E-state index in [0.29, 0.717) is 6.42 Å². The first kappa shape index (κ1) is 19.0. The van der Waals surface area contributed by atoms with Gasteiger partial charge in [0.15, 0.2) is 0 Å². The van der Waals surface area contributed by atoms with Crippen LogP contribution in [0.3, 0.4) is 0 Å². The molecule has 2 atom stereocenters. The van der Waals surface area contributed by atoms with Crippen molar-refractivity contribution in [2.75, 3.05) is 18.0 Å². The van der Waals surface area contributed by atoms with Crippen molar-refractivity contribution in [3.05, 3.63) is 64.1 Å². The zero-order chi connectivity index (χ0) is 18.5. The molecule has 0 aliphatic carbocycles. The highest BCUT2D eigenvalue weighted by atomic mass is 79.9. The molecule has 3 nitrogen and oxygen atoms in total. The number of halogens is 1. The van der Waals surface area contributed by atoms with Crippen molar-refractivity contribution in [1.82, 2.24) is 5.32 Å². The number of piperidine rings is 1. The fourth-order valence-electron chi connectivity index (χ4n) is 3.61. The third-order valence-electron chi connectivity index (χ3n) is 5.05. The summed E-state index contributed by atoms with van der Waals surface area (Å²) < 4.78 is 0.999. The summed E-state index contributed by atoms with van der Waals surface area (Å²) in [6.07, 6.45) is 2.99. The molecular formula is C22H27BrN2O. The van der Waals surface area contributed by atoms with Crippen LogP contribution in [-0.2, 0) is 11.2 Å². The number of benzene rings is 2. The van der Waals surface area contributed by atoms with E-state index in [1.165, 1.54) is 18.5 Å². The molecule has 0 aromatic heterocycles. The Bertz CT molecular complexity index is 744. The Morgan fingerprint density at radius 2 is 2.04 bits per heavy atom. The molecule has 3 rings (SSSR count). The number of carbonyl (C=O) groups excluding carboxylic acids is 1. The number of hydrogen-bond donors (Lipinski definition) is 1. The van der Waals surface area contributed by atoms with E-state index >= 15 is 0 Å². The first-order chi connectivity index (χ1) is 12.5. The molecule has 1 fully saturated rings. The Hall–Kier alpha value is -1.81. The quantitative estimate of drug-likeness (QED) is 0.737. The fourth-order valence-corrected chi connectivity index (χ4v) is 4.05. The van der Waals surface area contributed by atoms with E-state index in [1.54, 1.807) is 0 Å². The maximum Gasteiger partial charge on any atom is 0.224 e. The summed E-state index contributed by atoms with van der Waals surface area (Å²) in [6.45, 7) is 6.64. The van der Waals surface area contributed by atoms with E-state index < -0.39 is 0 Å². The van der Waals surface area contributed by atoms with Crippen LogP contribution in [-0.4, -0.2) is 19.0 Å². The molecule has 138 valence electrons. The fraction of sp³-hybridized carbons (Fsp3) is 0.409. The van der Waals surface area contributed by atoms with E-state index in [9.17, 15) is 4.79 Å². The molecule has 1 saturated heterocycles. The van der Waals surface area contributed by atoms with E-state index in [4.69, 9.17) is 0 Å². The topological polar surface area (TPSA) is 32.3 Å². The lowest BCUT2D eigenvalue weighted by molar-refractivity contribution is -0.121. The molecule has 1 amide bonds. The van der Waals surface area contributed by atoms with Gasteiger partial charge in [-0.05, 0) is 61.1 Å². The number of nitrogens with zero attached hydrogens (tertiary/aromatic N) is 1. The van der Waals surface area contributed by atoms with Gasteiger partial charge in [-0.15, -0.1) is 0 Å². The Morgan fingerprint density at radius 1 is 1.27 bits per heavy atom. The van der Waals surface area contributed by atoms with Crippen molar-refractivity contribution >= 4 is 27.5 Å². The summed E-state index contributed by atoms with van der Waals surface area (Å²) in [5, 5.41) is 3.10.